The quantitative estimate of drug-likeness (QED) is 0.684. The van der Waals surface area contributed by atoms with Crippen LogP contribution in [0.3, 0.4) is 0 Å². The van der Waals surface area contributed by atoms with E-state index in [2.05, 4.69) is 5.32 Å². The lowest BCUT2D eigenvalue weighted by Gasteiger charge is -2.28. The fourth-order valence-electron chi connectivity index (χ4n) is 2.33. The maximum Gasteiger partial charge on any atom is 0.217 e. The van der Waals surface area contributed by atoms with Gasteiger partial charge in [0.1, 0.15) is 5.75 Å². The van der Waals surface area contributed by atoms with Crippen LogP contribution in [0.5, 0.6) is 5.75 Å². The summed E-state index contributed by atoms with van der Waals surface area (Å²) in [6.07, 6.45) is 0.699. The number of fused-ring (bicyclic) bond motifs is 1. The summed E-state index contributed by atoms with van der Waals surface area (Å²) in [5.74, 6) is 0.222. The minimum atomic E-state index is -0.162. The van der Waals surface area contributed by atoms with Crippen LogP contribution >= 0.6 is 11.6 Å². The maximum atomic E-state index is 11.9. The molecule has 4 nitrogen and oxygen atoms in total. The topological polar surface area (TPSA) is 55.4 Å². The maximum absolute atomic E-state index is 11.9. The number of amides is 1. The Hall–Kier alpha value is -1.55. The molecule has 2 rings (SSSR count). The molecule has 0 fully saturated rings. The van der Waals surface area contributed by atoms with Gasteiger partial charge in [-0.1, -0.05) is 6.07 Å². The van der Waals surface area contributed by atoms with Crippen molar-refractivity contribution in [3.8, 4) is 5.75 Å². The molecule has 1 heterocycles. The summed E-state index contributed by atoms with van der Waals surface area (Å²) in [6.45, 7) is 3.87. The fraction of sp³-hybridized carbons (Fsp3) is 0.429. The summed E-state index contributed by atoms with van der Waals surface area (Å²) in [5, 5.41) is 2.89. The largest absolute Gasteiger partial charge is 0.492 e. The summed E-state index contributed by atoms with van der Waals surface area (Å²) in [7, 11) is 0. The van der Waals surface area contributed by atoms with E-state index in [-0.39, 0.29) is 23.6 Å². The number of ketones is 1. The van der Waals surface area contributed by atoms with Crippen molar-refractivity contribution in [2.24, 2.45) is 0 Å². The number of halogens is 1. The Kier molecular flexibility index (Phi) is 4.10. The van der Waals surface area contributed by atoms with Crippen molar-refractivity contribution in [2.45, 2.75) is 26.3 Å². The van der Waals surface area contributed by atoms with Crippen molar-refractivity contribution in [1.82, 2.24) is 5.32 Å². The van der Waals surface area contributed by atoms with Crippen LogP contribution in [0.2, 0.25) is 0 Å². The van der Waals surface area contributed by atoms with Gasteiger partial charge in [-0.05, 0) is 18.6 Å². The molecule has 1 atom stereocenters. The number of ether oxygens (including phenoxy) is 1. The zero-order valence-electron chi connectivity index (χ0n) is 11.0. The number of hydrogen-bond acceptors (Lipinski definition) is 3. The molecule has 0 bridgehead atoms. The van der Waals surface area contributed by atoms with E-state index in [1.807, 2.05) is 13.0 Å². The smallest absolute Gasteiger partial charge is 0.217 e. The van der Waals surface area contributed by atoms with Gasteiger partial charge in [0, 0.05) is 18.9 Å². The Morgan fingerprint density at radius 2 is 2.21 bits per heavy atom. The van der Waals surface area contributed by atoms with E-state index in [9.17, 15) is 9.59 Å². The third-order valence-corrected chi connectivity index (χ3v) is 3.33. The third-order valence-electron chi connectivity index (χ3n) is 3.09. The highest BCUT2D eigenvalue weighted by atomic mass is 35.5. The van der Waals surface area contributed by atoms with Crippen LogP contribution in [0.4, 0.5) is 0 Å². The van der Waals surface area contributed by atoms with Crippen LogP contribution < -0.4 is 10.1 Å². The molecular weight excluding hydrogens is 266 g/mol. The van der Waals surface area contributed by atoms with E-state index < -0.39 is 0 Å². The molecule has 0 saturated carbocycles. The molecule has 0 radical (unpaired) electrons. The van der Waals surface area contributed by atoms with Crippen LogP contribution in [0.25, 0.3) is 0 Å². The second-order valence-electron chi connectivity index (χ2n) is 4.68. The van der Waals surface area contributed by atoms with E-state index in [1.165, 1.54) is 6.92 Å². The lowest BCUT2D eigenvalue weighted by atomic mass is 9.94. The van der Waals surface area contributed by atoms with Crippen molar-refractivity contribution in [3.63, 3.8) is 0 Å². The molecule has 0 spiro atoms. The highest BCUT2D eigenvalue weighted by Gasteiger charge is 2.26. The lowest BCUT2D eigenvalue weighted by Crippen LogP contribution is -2.31. The van der Waals surface area contributed by atoms with Gasteiger partial charge in [-0.25, -0.2) is 0 Å². The summed E-state index contributed by atoms with van der Waals surface area (Å²) in [6, 6.07) is 3.61. The summed E-state index contributed by atoms with van der Waals surface area (Å²) < 4.78 is 5.61. The first-order valence-electron chi connectivity index (χ1n) is 6.16. The van der Waals surface area contributed by atoms with E-state index in [1.54, 1.807) is 6.07 Å². The van der Waals surface area contributed by atoms with Gasteiger partial charge in [-0.3, -0.25) is 9.59 Å². The summed E-state index contributed by atoms with van der Waals surface area (Å²) in [5.41, 5.74) is 2.31. The van der Waals surface area contributed by atoms with E-state index in [0.717, 1.165) is 11.1 Å². The number of carbonyl (C=O) groups excluding carboxylic acids is 2. The van der Waals surface area contributed by atoms with E-state index in [4.69, 9.17) is 16.3 Å². The summed E-state index contributed by atoms with van der Waals surface area (Å²) >= 11 is 5.63. The Morgan fingerprint density at radius 1 is 1.47 bits per heavy atom. The second-order valence-corrected chi connectivity index (χ2v) is 4.95. The van der Waals surface area contributed by atoms with Crippen LogP contribution in [0, 0.1) is 6.92 Å². The van der Waals surface area contributed by atoms with Crippen molar-refractivity contribution >= 4 is 23.3 Å². The Bertz CT molecular complexity index is 528. The minimum absolute atomic E-state index is 0.0793. The number of hydrogen-bond donors (Lipinski definition) is 1. The highest BCUT2D eigenvalue weighted by molar-refractivity contribution is 6.30. The molecule has 1 amide bonds. The predicted octanol–water partition coefficient (Wildman–Crippen LogP) is 2.38. The molecule has 0 aliphatic carbocycles. The molecule has 102 valence electrons. The Morgan fingerprint density at radius 3 is 2.84 bits per heavy atom. The predicted molar refractivity (Wildman–Crippen MR) is 72.9 cm³/mol. The van der Waals surface area contributed by atoms with Gasteiger partial charge in [0.25, 0.3) is 0 Å². The molecule has 5 heteroatoms. The normalized spacial score (nSPS) is 17.3. The van der Waals surface area contributed by atoms with Crippen molar-refractivity contribution in [2.75, 3.05) is 12.5 Å². The van der Waals surface area contributed by atoms with Crippen molar-refractivity contribution in [3.05, 3.63) is 28.8 Å². The first-order chi connectivity index (χ1) is 9.02. The van der Waals surface area contributed by atoms with Crippen LogP contribution in [-0.2, 0) is 4.79 Å². The molecule has 0 saturated heterocycles. The number of alkyl halides is 1. The Labute approximate surface area is 117 Å². The van der Waals surface area contributed by atoms with Crippen molar-refractivity contribution in [1.29, 1.82) is 0 Å². The molecule has 0 aromatic heterocycles. The van der Waals surface area contributed by atoms with Crippen LogP contribution in [0.1, 0.15) is 40.9 Å². The standard InChI is InChI=1S/C14H16ClNO3/c1-8-5-10-12(16-9(2)17)3-4-19-14(10)11(6-8)13(18)7-15/h5-6,12H,3-4,7H2,1-2H3,(H,16,17)/t12-/m0/s1. The molecule has 19 heavy (non-hydrogen) atoms. The van der Waals surface area contributed by atoms with Gasteiger partial charge in [-0.2, -0.15) is 0 Å². The highest BCUT2D eigenvalue weighted by Crippen LogP contribution is 2.36. The first kappa shape index (κ1) is 13.9. The number of carbonyl (C=O) groups is 2. The number of nitrogens with one attached hydrogen (secondary N) is 1. The van der Waals surface area contributed by atoms with Gasteiger partial charge in [0.05, 0.1) is 24.1 Å². The average molecular weight is 282 g/mol. The molecule has 1 aliphatic rings. The third kappa shape index (κ3) is 2.89. The minimum Gasteiger partial charge on any atom is -0.492 e. The number of rotatable bonds is 3. The summed E-state index contributed by atoms with van der Waals surface area (Å²) in [4.78, 5) is 23.1. The molecular formula is C14H16ClNO3. The molecule has 0 unspecified atom stereocenters. The van der Waals surface area contributed by atoms with E-state index in [0.29, 0.717) is 24.3 Å². The molecule has 1 aromatic carbocycles. The lowest BCUT2D eigenvalue weighted by molar-refractivity contribution is -0.119. The van der Waals surface area contributed by atoms with Crippen LogP contribution in [0.15, 0.2) is 12.1 Å². The number of benzene rings is 1. The zero-order chi connectivity index (χ0) is 14.0. The van der Waals surface area contributed by atoms with Gasteiger partial charge in [-0.15, -0.1) is 11.6 Å². The van der Waals surface area contributed by atoms with Gasteiger partial charge in [0.15, 0.2) is 5.78 Å². The van der Waals surface area contributed by atoms with E-state index >= 15 is 0 Å². The SMILES string of the molecule is CC(=O)N[C@H]1CCOc2c(C(=O)CCl)cc(C)cc21. The fourth-order valence-corrected chi connectivity index (χ4v) is 2.47. The molecule has 1 N–H and O–H groups in total. The van der Waals surface area contributed by atoms with Crippen molar-refractivity contribution < 1.29 is 14.3 Å². The van der Waals surface area contributed by atoms with Gasteiger partial charge in [0.2, 0.25) is 5.91 Å². The second kappa shape index (κ2) is 5.61. The van der Waals surface area contributed by atoms with Crippen LogP contribution in [-0.4, -0.2) is 24.2 Å². The van der Waals surface area contributed by atoms with Gasteiger partial charge >= 0.3 is 0 Å². The number of aryl methyl sites for hydroxylation is 1. The van der Waals surface area contributed by atoms with Gasteiger partial charge < -0.3 is 10.1 Å². The Balaban J connectivity index is 2.49. The molecule has 1 aliphatic heterocycles. The monoisotopic (exact) mass is 281 g/mol. The average Bonchev–Trinajstić information content (AvgIpc) is 2.37. The zero-order valence-corrected chi connectivity index (χ0v) is 11.7. The molecule has 1 aromatic rings. The number of Topliss-reactive ketones (excluding diaryl/α,β-unsaturated/α-hetero) is 1. The first-order valence-corrected chi connectivity index (χ1v) is 6.70.